The number of esters is 1. The first-order chi connectivity index (χ1) is 7.81. The first kappa shape index (κ1) is 14.1. The van der Waals surface area contributed by atoms with Gasteiger partial charge in [0.2, 0.25) is 0 Å². The Morgan fingerprint density at radius 2 is 2.06 bits per heavy atom. The molecule has 0 amide bonds. The molecule has 17 heavy (non-hydrogen) atoms. The Balaban J connectivity index is 2.90. The van der Waals surface area contributed by atoms with E-state index < -0.39 is 12.3 Å². The smallest absolute Gasteiger partial charge is 0.469 e. The number of hydrogen-bond acceptors (Lipinski definition) is 3. The van der Waals surface area contributed by atoms with Crippen molar-refractivity contribution in [3.8, 4) is 5.75 Å². The molecule has 0 radical (unpaired) electrons. The van der Waals surface area contributed by atoms with Crippen LogP contribution in [0.1, 0.15) is 5.56 Å². The highest BCUT2D eigenvalue weighted by atomic mass is 127. The molecule has 0 spiro atoms. The largest absolute Gasteiger partial charge is 0.573 e. The van der Waals surface area contributed by atoms with E-state index in [1.807, 2.05) is 22.6 Å². The summed E-state index contributed by atoms with van der Waals surface area (Å²) in [5.41, 5.74) is 0.430. The number of halogens is 4. The molecule has 0 atom stereocenters. The van der Waals surface area contributed by atoms with E-state index in [0.29, 0.717) is 9.13 Å². The number of ether oxygens (including phenoxy) is 2. The van der Waals surface area contributed by atoms with Gasteiger partial charge in [-0.2, -0.15) is 0 Å². The minimum absolute atomic E-state index is 0.0934. The molecule has 0 N–H and O–H groups in total. The molecule has 0 heterocycles. The molecule has 0 fully saturated rings. The molecule has 0 aliphatic rings. The maximum atomic E-state index is 12.0. The quantitative estimate of drug-likeness (QED) is 0.614. The van der Waals surface area contributed by atoms with Crippen molar-refractivity contribution >= 4 is 28.6 Å². The molecule has 3 nitrogen and oxygen atoms in total. The van der Waals surface area contributed by atoms with E-state index in [0.717, 1.165) is 0 Å². The van der Waals surface area contributed by atoms with E-state index >= 15 is 0 Å². The predicted octanol–water partition coefficient (Wildman–Crippen LogP) is 2.91. The molecule has 1 rings (SSSR count). The van der Waals surface area contributed by atoms with Crippen LogP contribution in [0.25, 0.3) is 0 Å². The lowest BCUT2D eigenvalue weighted by Crippen LogP contribution is -2.17. The first-order valence-electron chi connectivity index (χ1n) is 4.43. The SMILES string of the molecule is COC(=O)Cc1cc(OC(F)(F)F)ccc1I. The van der Waals surface area contributed by atoms with Gasteiger partial charge < -0.3 is 9.47 Å². The standard InChI is InChI=1S/C10H8F3IO3/c1-16-9(15)5-6-4-7(2-3-8(6)14)17-10(11,12)13/h2-4H,5H2,1H3. The molecular weight excluding hydrogens is 352 g/mol. The van der Waals surface area contributed by atoms with Crippen LogP contribution < -0.4 is 4.74 Å². The van der Waals surface area contributed by atoms with E-state index in [4.69, 9.17) is 0 Å². The molecule has 0 aliphatic heterocycles. The lowest BCUT2D eigenvalue weighted by Gasteiger charge is -2.10. The highest BCUT2D eigenvalue weighted by molar-refractivity contribution is 14.1. The zero-order chi connectivity index (χ0) is 13.1. The van der Waals surface area contributed by atoms with Gasteiger partial charge in [0.25, 0.3) is 0 Å². The summed E-state index contributed by atoms with van der Waals surface area (Å²) in [4.78, 5) is 11.0. The zero-order valence-corrected chi connectivity index (χ0v) is 10.8. The van der Waals surface area contributed by atoms with Crippen molar-refractivity contribution in [2.75, 3.05) is 7.11 Å². The van der Waals surface area contributed by atoms with Crippen LogP contribution in [0.15, 0.2) is 18.2 Å². The summed E-state index contributed by atoms with van der Waals surface area (Å²) in [7, 11) is 1.21. The fourth-order valence-electron chi connectivity index (χ4n) is 1.11. The van der Waals surface area contributed by atoms with Crippen LogP contribution in [0.5, 0.6) is 5.75 Å². The molecule has 7 heteroatoms. The Morgan fingerprint density at radius 3 is 2.59 bits per heavy atom. The molecule has 0 bridgehead atoms. The molecule has 0 saturated heterocycles. The van der Waals surface area contributed by atoms with Crippen molar-refractivity contribution in [2.24, 2.45) is 0 Å². The van der Waals surface area contributed by atoms with Crippen LogP contribution in [0.2, 0.25) is 0 Å². The fourth-order valence-corrected chi connectivity index (χ4v) is 1.64. The van der Waals surface area contributed by atoms with Crippen molar-refractivity contribution in [1.29, 1.82) is 0 Å². The molecule has 0 saturated carbocycles. The molecule has 0 aromatic heterocycles. The Hall–Kier alpha value is -0.990. The van der Waals surface area contributed by atoms with Crippen molar-refractivity contribution in [3.63, 3.8) is 0 Å². The Morgan fingerprint density at radius 1 is 1.41 bits per heavy atom. The minimum atomic E-state index is -4.74. The molecule has 1 aromatic carbocycles. The summed E-state index contributed by atoms with van der Waals surface area (Å²) < 4.78 is 44.8. The van der Waals surface area contributed by atoms with Crippen LogP contribution in [-0.4, -0.2) is 19.4 Å². The summed E-state index contributed by atoms with van der Waals surface area (Å²) in [5.74, 6) is -0.871. The zero-order valence-electron chi connectivity index (χ0n) is 8.68. The van der Waals surface area contributed by atoms with Crippen molar-refractivity contribution in [2.45, 2.75) is 12.8 Å². The molecule has 1 aromatic rings. The van der Waals surface area contributed by atoms with Gasteiger partial charge >= 0.3 is 12.3 Å². The third kappa shape index (κ3) is 4.80. The average Bonchev–Trinajstić information content (AvgIpc) is 2.20. The summed E-state index contributed by atoms with van der Waals surface area (Å²) in [6.07, 6.45) is -4.83. The van der Waals surface area contributed by atoms with E-state index in [9.17, 15) is 18.0 Å². The Labute approximate surface area is 109 Å². The number of benzene rings is 1. The van der Waals surface area contributed by atoms with Gasteiger partial charge in [-0.3, -0.25) is 4.79 Å². The van der Waals surface area contributed by atoms with E-state index in [-0.39, 0.29) is 12.2 Å². The van der Waals surface area contributed by atoms with E-state index in [1.54, 1.807) is 0 Å². The lowest BCUT2D eigenvalue weighted by molar-refractivity contribution is -0.274. The summed E-state index contributed by atoms with van der Waals surface area (Å²) in [6, 6.07) is 3.81. The highest BCUT2D eigenvalue weighted by Crippen LogP contribution is 2.26. The second-order valence-corrected chi connectivity index (χ2v) is 4.22. The maximum absolute atomic E-state index is 12.0. The monoisotopic (exact) mass is 360 g/mol. The van der Waals surface area contributed by atoms with Gasteiger partial charge in [-0.1, -0.05) is 0 Å². The number of rotatable bonds is 3. The van der Waals surface area contributed by atoms with Crippen molar-refractivity contribution < 1.29 is 27.4 Å². The number of methoxy groups -OCH3 is 1. The second kappa shape index (κ2) is 5.56. The third-order valence-corrected chi connectivity index (χ3v) is 2.87. The number of carbonyl (C=O) groups is 1. The summed E-state index contributed by atoms with van der Waals surface area (Å²) >= 11 is 1.92. The Kier molecular flexibility index (Phi) is 4.61. The van der Waals surface area contributed by atoms with Crippen molar-refractivity contribution in [1.82, 2.24) is 0 Å². The van der Waals surface area contributed by atoms with Gasteiger partial charge in [-0.05, 0) is 46.4 Å². The normalized spacial score (nSPS) is 11.1. The number of alkyl halides is 3. The molecule has 0 unspecified atom stereocenters. The fraction of sp³-hybridized carbons (Fsp3) is 0.300. The summed E-state index contributed by atoms with van der Waals surface area (Å²) in [6.45, 7) is 0. The van der Waals surface area contributed by atoms with E-state index in [2.05, 4.69) is 9.47 Å². The first-order valence-corrected chi connectivity index (χ1v) is 5.50. The predicted molar refractivity (Wildman–Crippen MR) is 61.6 cm³/mol. The van der Waals surface area contributed by atoms with Crippen LogP contribution in [-0.2, 0) is 16.0 Å². The Bertz CT molecular complexity index is 418. The van der Waals surface area contributed by atoms with Crippen LogP contribution >= 0.6 is 22.6 Å². The molecule has 94 valence electrons. The number of carbonyl (C=O) groups excluding carboxylic acids is 1. The van der Waals surface area contributed by atoms with Crippen LogP contribution in [0.3, 0.4) is 0 Å². The third-order valence-electron chi connectivity index (χ3n) is 1.81. The van der Waals surface area contributed by atoms with Gasteiger partial charge in [0, 0.05) is 3.57 Å². The minimum Gasteiger partial charge on any atom is -0.469 e. The molecule has 0 aliphatic carbocycles. The maximum Gasteiger partial charge on any atom is 0.573 e. The van der Waals surface area contributed by atoms with Crippen molar-refractivity contribution in [3.05, 3.63) is 27.3 Å². The van der Waals surface area contributed by atoms with Gasteiger partial charge in [-0.15, -0.1) is 13.2 Å². The topological polar surface area (TPSA) is 35.5 Å². The van der Waals surface area contributed by atoms with E-state index in [1.165, 1.54) is 25.3 Å². The van der Waals surface area contributed by atoms with Crippen LogP contribution in [0, 0.1) is 3.57 Å². The average molecular weight is 360 g/mol. The van der Waals surface area contributed by atoms with Gasteiger partial charge in [0.15, 0.2) is 0 Å². The van der Waals surface area contributed by atoms with Gasteiger partial charge in [0.1, 0.15) is 5.75 Å². The summed E-state index contributed by atoms with van der Waals surface area (Å²) in [5, 5.41) is 0. The highest BCUT2D eigenvalue weighted by Gasteiger charge is 2.31. The number of hydrogen-bond donors (Lipinski definition) is 0. The second-order valence-electron chi connectivity index (χ2n) is 3.05. The van der Waals surface area contributed by atoms with Gasteiger partial charge in [-0.25, -0.2) is 0 Å². The lowest BCUT2D eigenvalue weighted by atomic mass is 10.1. The van der Waals surface area contributed by atoms with Gasteiger partial charge in [0.05, 0.1) is 13.5 Å². The van der Waals surface area contributed by atoms with Crippen LogP contribution in [0.4, 0.5) is 13.2 Å². The molecular formula is C10H8F3IO3.